The summed E-state index contributed by atoms with van der Waals surface area (Å²) in [5.74, 6) is 0.336. The van der Waals surface area contributed by atoms with Gasteiger partial charge in [-0.05, 0) is 19.9 Å². The van der Waals surface area contributed by atoms with Gasteiger partial charge in [-0.2, -0.15) is 5.10 Å². The van der Waals surface area contributed by atoms with Crippen LogP contribution in [0.2, 0.25) is 0 Å². The van der Waals surface area contributed by atoms with Crippen LogP contribution in [0.1, 0.15) is 29.7 Å². The monoisotopic (exact) mass is 231 g/mol. The third kappa shape index (κ3) is 2.85. The van der Waals surface area contributed by atoms with Crippen LogP contribution in [0, 0.1) is 6.92 Å². The molecule has 0 spiro atoms. The Bertz CT molecular complexity index is 479. The lowest BCUT2D eigenvalue weighted by Crippen LogP contribution is -2.17. The molecule has 4 heteroatoms. The number of nitrogens with zero attached hydrogens (tertiary/aromatic N) is 1. The SMILES string of the molecule is Cc1ccc(O)c(CNC(C)c2cn[nH]c2)c1. The maximum Gasteiger partial charge on any atom is 0.120 e. The van der Waals surface area contributed by atoms with Crippen LogP contribution in [0.3, 0.4) is 0 Å². The molecule has 2 rings (SSSR count). The lowest BCUT2D eigenvalue weighted by atomic mass is 10.1. The molecule has 1 aromatic carbocycles. The lowest BCUT2D eigenvalue weighted by Gasteiger charge is -2.13. The summed E-state index contributed by atoms with van der Waals surface area (Å²) in [6.45, 7) is 4.72. The van der Waals surface area contributed by atoms with Gasteiger partial charge in [0.05, 0.1) is 6.20 Å². The number of benzene rings is 1. The molecule has 1 unspecified atom stereocenters. The molecule has 0 saturated carbocycles. The number of nitrogens with one attached hydrogen (secondary N) is 2. The van der Waals surface area contributed by atoms with Gasteiger partial charge in [0.1, 0.15) is 5.75 Å². The molecule has 1 heterocycles. The Kier molecular flexibility index (Phi) is 3.44. The van der Waals surface area contributed by atoms with Gasteiger partial charge in [-0.15, -0.1) is 0 Å². The van der Waals surface area contributed by atoms with Crippen LogP contribution in [0.15, 0.2) is 30.6 Å². The summed E-state index contributed by atoms with van der Waals surface area (Å²) < 4.78 is 0. The molecule has 1 atom stereocenters. The summed E-state index contributed by atoms with van der Waals surface area (Å²) in [6.07, 6.45) is 3.67. The third-order valence-electron chi connectivity index (χ3n) is 2.85. The number of H-pyrrole nitrogens is 1. The topological polar surface area (TPSA) is 60.9 Å². The molecule has 3 N–H and O–H groups in total. The second kappa shape index (κ2) is 5.01. The van der Waals surface area contributed by atoms with Crippen molar-refractivity contribution < 1.29 is 5.11 Å². The zero-order valence-corrected chi connectivity index (χ0v) is 10.1. The van der Waals surface area contributed by atoms with E-state index >= 15 is 0 Å². The molecule has 0 saturated heterocycles. The fraction of sp³-hybridized carbons (Fsp3) is 0.308. The maximum absolute atomic E-state index is 9.72. The zero-order valence-electron chi connectivity index (χ0n) is 10.1. The molecule has 0 aliphatic heterocycles. The molecule has 0 bridgehead atoms. The Morgan fingerprint density at radius 1 is 1.47 bits per heavy atom. The predicted molar refractivity (Wildman–Crippen MR) is 66.7 cm³/mol. The molecule has 90 valence electrons. The van der Waals surface area contributed by atoms with Crippen molar-refractivity contribution in [3.63, 3.8) is 0 Å². The number of phenols is 1. The van der Waals surface area contributed by atoms with Crippen molar-refractivity contribution in [2.45, 2.75) is 26.4 Å². The molecule has 4 nitrogen and oxygen atoms in total. The Hall–Kier alpha value is -1.81. The first-order valence-corrected chi connectivity index (χ1v) is 5.67. The maximum atomic E-state index is 9.72. The number of aryl methyl sites for hydroxylation is 1. The van der Waals surface area contributed by atoms with Gasteiger partial charge in [-0.1, -0.05) is 17.7 Å². The highest BCUT2D eigenvalue weighted by Crippen LogP contribution is 2.19. The van der Waals surface area contributed by atoms with Crippen LogP contribution in [0.4, 0.5) is 0 Å². The van der Waals surface area contributed by atoms with Crippen molar-refractivity contribution in [2.24, 2.45) is 0 Å². The van der Waals surface area contributed by atoms with Crippen molar-refractivity contribution in [2.75, 3.05) is 0 Å². The Morgan fingerprint density at radius 2 is 2.29 bits per heavy atom. The van der Waals surface area contributed by atoms with Crippen LogP contribution in [0.25, 0.3) is 0 Å². The number of aromatic nitrogens is 2. The van der Waals surface area contributed by atoms with Crippen LogP contribution in [-0.2, 0) is 6.54 Å². The minimum atomic E-state index is 0.202. The van der Waals surface area contributed by atoms with E-state index in [9.17, 15) is 5.11 Å². The molecule has 1 aromatic heterocycles. The van der Waals surface area contributed by atoms with Gasteiger partial charge in [0.25, 0.3) is 0 Å². The van der Waals surface area contributed by atoms with Gasteiger partial charge in [0.15, 0.2) is 0 Å². The molecule has 0 aliphatic rings. The van der Waals surface area contributed by atoms with Gasteiger partial charge in [0, 0.05) is 29.9 Å². The lowest BCUT2D eigenvalue weighted by molar-refractivity contribution is 0.460. The van der Waals surface area contributed by atoms with Crippen molar-refractivity contribution in [3.05, 3.63) is 47.3 Å². The summed E-state index contributed by atoms with van der Waals surface area (Å²) in [5.41, 5.74) is 3.17. The quantitative estimate of drug-likeness (QED) is 0.756. The van der Waals surface area contributed by atoms with E-state index in [4.69, 9.17) is 0 Å². The fourth-order valence-electron chi connectivity index (χ4n) is 1.73. The van der Waals surface area contributed by atoms with E-state index in [0.29, 0.717) is 12.3 Å². The van der Waals surface area contributed by atoms with Gasteiger partial charge >= 0.3 is 0 Å². The molecule has 0 aliphatic carbocycles. The summed E-state index contributed by atoms with van der Waals surface area (Å²) in [4.78, 5) is 0. The fourth-order valence-corrected chi connectivity index (χ4v) is 1.73. The van der Waals surface area contributed by atoms with Crippen LogP contribution in [0.5, 0.6) is 5.75 Å². The molecule has 0 fully saturated rings. The second-order valence-corrected chi connectivity index (χ2v) is 4.27. The van der Waals surface area contributed by atoms with Gasteiger partial charge in [-0.25, -0.2) is 0 Å². The number of hydrogen-bond donors (Lipinski definition) is 3. The van der Waals surface area contributed by atoms with Crippen LogP contribution in [-0.4, -0.2) is 15.3 Å². The first-order valence-electron chi connectivity index (χ1n) is 5.67. The van der Waals surface area contributed by atoms with E-state index in [2.05, 4.69) is 22.4 Å². The van der Waals surface area contributed by atoms with Gasteiger partial charge in [-0.3, -0.25) is 5.10 Å². The largest absolute Gasteiger partial charge is 0.508 e. The van der Waals surface area contributed by atoms with E-state index in [-0.39, 0.29) is 6.04 Å². The minimum Gasteiger partial charge on any atom is -0.508 e. The molecular formula is C13H17N3O. The van der Waals surface area contributed by atoms with Crippen molar-refractivity contribution in [1.29, 1.82) is 0 Å². The average molecular weight is 231 g/mol. The number of aromatic hydroxyl groups is 1. The number of hydrogen-bond acceptors (Lipinski definition) is 3. The van der Waals surface area contributed by atoms with Crippen molar-refractivity contribution in [1.82, 2.24) is 15.5 Å². The van der Waals surface area contributed by atoms with Crippen molar-refractivity contribution >= 4 is 0 Å². The van der Waals surface area contributed by atoms with Crippen LogP contribution >= 0.6 is 0 Å². The molecule has 2 aromatic rings. The van der Waals surface area contributed by atoms with E-state index in [1.165, 1.54) is 0 Å². The number of phenolic OH excluding ortho intramolecular Hbond substituents is 1. The highest BCUT2D eigenvalue weighted by molar-refractivity contribution is 5.35. The van der Waals surface area contributed by atoms with E-state index in [1.807, 2.05) is 25.3 Å². The van der Waals surface area contributed by atoms with Gasteiger partial charge < -0.3 is 10.4 Å². The van der Waals surface area contributed by atoms with Crippen LogP contribution < -0.4 is 5.32 Å². The standard InChI is InChI=1S/C13H17N3O/c1-9-3-4-13(17)11(5-9)6-14-10(2)12-7-15-16-8-12/h3-5,7-8,10,14,17H,6H2,1-2H3,(H,15,16). The summed E-state index contributed by atoms with van der Waals surface area (Å²) in [6, 6.07) is 5.83. The normalized spacial score (nSPS) is 12.6. The van der Waals surface area contributed by atoms with E-state index < -0.39 is 0 Å². The summed E-state index contributed by atoms with van der Waals surface area (Å²) in [5, 5.41) is 19.8. The Labute approximate surface area is 101 Å². The predicted octanol–water partition coefficient (Wildman–Crippen LogP) is 2.27. The highest BCUT2D eigenvalue weighted by Gasteiger charge is 2.07. The van der Waals surface area contributed by atoms with E-state index in [0.717, 1.165) is 16.7 Å². The zero-order chi connectivity index (χ0) is 12.3. The molecule has 17 heavy (non-hydrogen) atoms. The highest BCUT2D eigenvalue weighted by atomic mass is 16.3. The first-order chi connectivity index (χ1) is 8.16. The van der Waals surface area contributed by atoms with Gasteiger partial charge in [0.2, 0.25) is 0 Å². The molecular weight excluding hydrogens is 214 g/mol. The molecule has 0 radical (unpaired) electrons. The molecule has 0 amide bonds. The van der Waals surface area contributed by atoms with E-state index in [1.54, 1.807) is 12.3 Å². The summed E-state index contributed by atoms with van der Waals surface area (Å²) in [7, 11) is 0. The smallest absolute Gasteiger partial charge is 0.120 e. The number of aromatic amines is 1. The average Bonchev–Trinajstić information content (AvgIpc) is 2.83. The van der Waals surface area contributed by atoms with Crippen molar-refractivity contribution in [3.8, 4) is 5.75 Å². The number of rotatable bonds is 4. The third-order valence-corrected chi connectivity index (χ3v) is 2.85. The first kappa shape index (κ1) is 11.7. The minimum absolute atomic E-state index is 0.202. The summed E-state index contributed by atoms with van der Waals surface area (Å²) >= 11 is 0. The second-order valence-electron chi connectivity index (χ2n) is 4.27. The Balaban J connectivity index is 2.00. The Morgan fingerprint density at radius 3 is 3.00 bits per heavy atom.